The van der Waals surface area contributed by atoms with Crippen LogP contribution in [0.2, 0.25) is 0 Å². The lowest BCUT2D eigenvalue weighted by atomic mass is 10.2. The Morgan fingerprint density at radius 1 is 1.15 bits per heavy atom. The zero-order valence-corrected chi connectivity index (χ0v) is 15.2. The number of para-hydroxylation sites is 1. The van der Waals surface area contributed by atoms with Crippen molar-refractivity contribution in [2.75, 3.05) is 18.0 Å². The van der Waals surface area contributed by atoms with E-state index >= 15 is 0 Å². The van der Waals surface area contributed by atoms with Crippen LogP contribution < -0.4 is 10.5 Å². The number of aromatic amines is 1. The Morgan fingerprint density at radius 3 is 2.77 bits per heavy atom. The van der Waals surface area contributed by atoms with Crippen molar-refractivity contribution < 1.29 is 0 Å². The van der Waals surface area contributed by atoms with E-state index < -0.39 is 0 Å². The molecule has 0 unspecified atom stereocenters. The van der Waals surface area contributed by atoms with Crippen LogP contribution in [0.4, 0.5) is 5.95 Å². The number of H-pyrrole nitrogens is 1. The first-order valence-electron chi connectivity index (χ1n) is 9.10. The molecule has 0 spiro atoms. The summed E-state index contributed by atoms with van der Waals surface area (Å²) < 4.78 is 2.29. The van der Waals surface area contributed by atoms with Crippen LogP contribution in [0, 0.1) is 0 Å². The molecule has 0 atom stereocenters. The average Bonchev–Trinajstić information content (AvgIpc) is 3.18. The molecule has 1 aromatic carbocycles. The number of benzene rings is 1. The summed E-state index contributed by atoms with van der Waals surface area (Å²) in [5.41, 5.74) is 0.640. The minimum atomic E-state index is -0.0902. The molecule has 1 aliphatic heterocycles. The first-order chi connectivity index (χ1) is 12.8. The molecule has 134 valence electrons. The van der Waals surface area contributed by atoms with Gasteiger partial charge in [-0.3, -0.25) is 9.36 Å². The average molecular weight is 368 g/mol. The van der Waals surface area contributed by atoms with E-state index in [0.717, 1.165) is 29.7 Å². The van der Waals surface area contributed by atoms with Crippen molar-refractivity contribution in [1.82, 2.24) is 24.7 Å². The lowest BCUT2D eigenvalue weighted by Crippen LogP contribution is -2.22. The number of hydrogen-bond donors (Lipinski definition) is 1. The maximum Gasteiger partial charge on any atom is 0.258 e. The van der Waals surface area contributed by atoms with Gasteiger partial charge in [0, 0.05) is 19.1 Å². The van der Waals surface area contributed by atoms with Gasteiger partial charge in [-0.05, 0) is 37.8 Å². The van der Waals surface area contributed by atoms with Crippen LogP contribution in [0.3, 0.4) is 0 Å². The molecular formula is C18H20N6OS. The molecule has 2 aliphatic rings. The number of aromatic nitrogens is 5. The molecule has 8 heteroatoms. The summed E-state index contributed by atoms with van der Waals surface area (Å²) in [5, 5.41) is 10.4. The smallest absolute Gasteiger partial charge is 0.258 e. The molecule has 0 amide bonds. The molecule has 1 saturated carbocycles. The number of fused-ring (bicyclic) bond motifs is 1. The summed E-state index contributed by atoms with van der Waals surface area (Å²) in [4.78, 5) is 22.0. The highest BCUT2D eigenvalue weighted by molar-refractivity contribution is 7.98. The second-order valence-electron chi connectivity index (χ2n) is 6.90. The minimum Gasteiger partial charge on any atom is -0.341 e. The SMILES string of the molecule is O=c1[nH]c(CSc2nnc(N3CCCC3)n2C2CC2)nc2ccccc12. The zero-order valence-electron chi connectivity index (χ0n) is 14.4. The quantitative estimate of drug-likeness (QED) is 0.698. The molecule has 5 rings (SSSR count). The summed E-state index contributed by atoms with van der Waals surface area (Å²) >= 11 is 1.60. The van der Waals surface area contributed by atoms with E-state index in [-0.39, 0.29) is 5.56 Å². The molecule has 2 fully saturated rings. The van der Waals surface area contributed by atoms with E-state index in [4.69, 9.17) is 0 Å². The van der Waals surface area contributed by atoms with Crippen molar-refractivity contribution in [2.45, 2.75) is 42.6 Å². The molecule has 3 heterocycles. The normalized spacial score (nSPS) is 17.3. The molecular weight excluding hydrogens is 348 g/mol. The van der Waals surface area contributed by atoms with Gasteiger partial charge in [0.1, 0.15) is 5.82 Å². The maximum atomic E-state index is 12.2. The van der Waals surface area contributed by atoms with Gasteiger partial charge in [-0.2, -0.15) is 0 Å². The zero-order chi connectivity index (χ0) is 17.5. The van der Waals surface area contributed by atoms with Crippen molar-refractivity contribution in [3.8, 4) is 0 Å². The van der Waals surface area contributed by atoms with Gasteiger partial charge in [0.05, 0.1) is 16.7 Å². The van der Waals surface area contributed by atoms with E-state index in [2.05, 4.69) is 29.6 Å². The van der Waals surface area contributed by atoms with E-state index in [1.165, 1.54) is 25.7 Å². The van der Waals surface area contributed by atoms with Gasteiger partial charge in [0.25, 0.3) is 5.56 Å². The molecule has 0 bridgehead atoms. The summed E-state index contributed by atoms with van der Waals surface area (Å²) in [5.74, 6) is 2.25. The fourth-order valence-electron chi connectivity index (χ4n) is 3.49. The van der Waals surface area contributed by atoms with Crippen LogP contribution in [0.1, 0.15) is 37.5 Å². The minimum absolute atomic E-state index is 0.0902. The Hall–Kier alpha value is -2.35. The first kappa shape index (κ1) is 15.9. The lowest BCUT2D eigenvalue weighted by molar-refractivity contribution is 0.651. The van der Waals surface area contributed by atoms with Crippen LogP contribution in [0.5, 0.6) is 0 Å². The molecule has 3 aromatic rings. The Balaban J connectivity index is 1.41. The van der Waals surface area contributed by atoms with E-state index in [9.17, 15) is 4.79 Å². The second-order valence-corrected chi connectivity index (χ2v) is 7.84. The predicted octanol–water partition coefficient (Wildman–Crippen LogP) is 2.74. The van der Waals surface area contributed by atoms with Crippen LogP contribution in [-0.2, 0) is 5.75 Å². The Morgan fingerprint density at radius 2 is 1.96 bits per heavy atom. The van der Waals surface area contributed by atoms with Gasteiger partial charge < -0.3 is 9.88 Å². The Bertz CT molecular complexity index is 1000. The van der Waals surface area contributed by atoms with E-state index in [1.54, 1.807) is 17.8 Å². The molecule has 0 radical (unpaired) electrons. The van der Waals surface area contributed by atoms with Gasteiger partial charge in [0.2, 0.25) is 5.95 Å². The number of anilines is 1. The molecule has 2 aromatic heterocycles. The van der Waals surface area contributed by atoms with Crippen molar-refractivity contribution in [2.24, 2.45) is 0 Å². The van der Waals surface area contributed by atoms with Crippen LogP contribution in [0.25, 0.3) is 10.9 Å². The number of rotatable bonds is 5. The lowest BCUT2D eigenvalue weighted by Gasteiger charge is -2.17. The van der Waals surface area contributed by atoms with Gasteiger partial charge in [0.15, 0.2) is 5.16 Å². The highest BCUT2D eigenvalue weighted by atomic mass is 32.2. The molecule has 1 N–H and O–H groups in total. The van der Waals surface area contributed by atoms with Gasteiger partial charge in [-0.25, -0.2) is 4.98 Å². The number of thioether (sulfide) groups is 1. The standard InChI is InChI=1S/C18H20N6OS/c25-16-13-5-1-2-6-14(13)19-15(20-16)11-26-18-22-21-17(23-9-3-4-10-23)24(18)12-7-8-12/h1-2,5-6,12H,3-4,7-11H2,(H,19,20,25). The summed E-state index contributed by atoms with van der Waals surface area (Å²) in [6, 6.07) is 7.94. The van der Waals surface area contributed by atoms with E-state index in [1.807, 2.05) is 18.2 Å². The molecule has 1 aliphatic carbocycles. The fraction of sp³-hybridized carbons (Fsp3) is 0.444. The first-order valence-corrected chi connectivity index (χ1v) is 10.1. The van der Waals surface area contributed by atoms with Crippen molar-refractivity contribution >= 4 is 28.6 Å². The Labute approximate surface area is 154 Å². The largest absolute Gasteiger partial charge is 0.341 e. The van der Waals surface area contributed by atoms with Crippen LogP contribution >= 0.6 is 11.8 Å². The third kappa shape index (κ3) is 2.88. The van der Waals surface area contributed by atoms with Gasteiger partial charge in [-0.1, -0.05) is 23.9 Å². The van der Waals surface area contributed by atoms with Crippen molar-refractivity contribution in [3.05, 3.63) is 40.4 Å². The van der Waals surface area contributed by atoms with Gasteiger partial charge in [-0.15, -0.1) is 10.2 Å². The number of nitrogens with one attached hydrogen (secondary N) is 1. The predicted molar refractivity (Wildman–Crippen MR) is 102 cm³/mol. The third-order valence-corrected chi connectivity index (χ3v) is 5.90. The van der Waals surface area contributed by atoms with Crippen LogP contribution in [0.15, 0.2) is 34.2 Å². The van der Waals surface area contributed by atoms with Crippen LogP contribution in [-0.4, -0.2) is 37.8 Å². The number of hydrogen-bond acceptors (Lipinski definition) is 6. The third-order valence-electron chi connectivity index (χ3n) is 4.95. The molecule has 26 heavy (non-hydrogen) atoms. The second kappa shape index (κ2) is 6.42. The maximum absolute atomic E-state index is 12.2. The van der Waals surface area contributed by atoms with E-state index in [0.29, 0.717) is 23.0 Å². The summed E-state index contributed by atoms with van der Waals surface area (Å²) in [7, 11) is 0. The fourth-order valence-corrected chi connectivity index (χ4v) is 4.36. The number of nitrogens with zero attached hydrogens (tertiary/aromatic N) is 5. The van der Waals surface area contributed by atoms with Gasteiger partial charge >= 0.3 is 0 Å². The summed E-state index contributed by atoms with van der Waals surface area (Å²) in [6.07, 6.45) is 4.83. The molecule has 1 saturated heterocycles. The highest BCUT2D eigenvalue weighted by Gasteiger charge is 2.32. The van der Waals surface area contributed by atoms with Crippen molar-refractivity contribution in [3.63, 3.8) is 0 Å². The Kier molecular flexibility index (Phi) is 3.92. The highest BCUT2D eigenvalue weighted by Crippen LogP contribution is 2.41. The summed E-state index contributed by atoms with van der Waals surface area (Å²) in [6.45, 7) is 2.13. The monoisotopic (exact) mass is 368 g/mol. The van der Waals surface area contributed by atoms with Crippen molar-refractivity contribution in [1.29, 1.82) is 0 Å². The topological polar surface area (TPSA) is 79.7 Å². The molecule has 7 nitrogen and oxygen atoms in total.